The largest absolute Gasteiger partial charge is 0.394 e. The Balaban J connectivity index is 2.63. The van der Waals surface area contributed by atoms with Gasteiger partial charge in [0.25, 0.3) is 11.8 Å². The van der Waals surface area contributed by atoms with Crippen molar-refractivity contribution in [2.45, 2.75) is 24.4 Å². The second kappa shape index (κ2) is 10.8. The lowest BCUT2D eigenvalue weighted by molar-refractivity contribution is -0.0124. The van der Waals surface area contributed by atoms with E-state index < -0.39 is 49.4 Å². The molecule has 146 valence electrons. The normalized spacial score (nSPS) is 15.6. The number of nitrogens with zero attached hydrogens (tertiary/aromatic N) is 1. The summed E-state index contributed by atoms with van der Waals surface area (Å²) in [5.74, 6) is -1.42. The molecule has 0 aromatic carbocycles. The molecule has 11 nitrogen and oxygen atoms in total. The molecule has 8 N–H and O–H groups in total. The molecular formula is C15H23N3O8. The van der Waals surface area contributed by atoms with Gasteiger partial charge < -0.3 is 41.3 Å². The molecule has 0 aliphatic carbocycles. The number of amides is 2. The molecule has 0 radical (unpaired) electrons. The third-order valence-corrected chi connectivity index (χ3v) is 3.42. The summed E-state index contributed by atoms with van der Waals surface area (Å²) in [5.41, 5.74) is -0.251. The molecule has 1 rings (SSSR count). The Hall–Kier alpha value is -2.15. The number of carbonyl (C=O) groups excluding carboxylic acids is 2. The van der Waals surface area contributed by atoms with Gasteiger partial charge in [-0.1, -0.05) is 6.07 Å². The Labute approximate surface area is 148 Å². The van der Waals surface area contributed by atoms with Crippen molar-refractivity contribution in [3.05, 3.63) is 29.6 Å². The van der Waals surface area contributed by atoms with Gasteiger partial charge in [-0.2, -0.15) is 0 Å². The number of pyridine rings is 1. The lowest BCUT2D eigenvalue weighted by atomic mass is 10.2. The Morgan fingerprint density at radius 1 is 0.808 bits per heavy atom. The van der Waals surface area contributed by atoms with E-state index in [1.165, 1.54) is 18.2 Å². The summed E-state index contributed by atoms with van der Waals surface area (Å²) in [6, 6.07) is 4.05. The van der Waals surface area contributed by atoms with E-state index >= 15 is 0 Å². The van der Waals surface area contributed by atoms with Gasteiger partial charge in [0.05, 0.1) is 25.4 Å². The van der Waals surface area contributed by atoms with Crippen LogP contribution in [0.1, 0.15) is 21.0 Å². The second-order valence-electron chi connectivity index (χ2n) is 5.46. The van der Waals surface area contributed by atoms with Crippen LogP contribution in [0.5, 0.6) is 0 Å². The topological polar surface area (TPSA) is 192 Å². The van der Waals surface area contributed by atoms with Gasteiger partial charge in [-0.15, -0.1) is 0 Å². The predicted molar refractivity (Wildman–Crippen MR) is 87.1 cm³/mol. The van der Waals surface area contributed by atoms with Crippen LogP contribution in [-0.2, 0) is 0 Å². The highest BCUT2D eigenvalue weighted by Crippen LogP contribution is 2.01. The van der Waals surface area contributed by atoms with Crippen LogP contribution in [0.3, 0.4) is 0 Å². The fourth-order valence-corrected chi connectivity index (χ4v) is 1.78. The molecule has 4 unspecified atom stereocenters. The number of aliphatic hydroxyl groups excluding tert-OH is 6. The fraction of sp³-hybridized carbons (Fsp3) is 0.533. The minimum atomic E-state index is -1.40. The predicted octanol–water partition coefficient (Wildman–Crippen LogP) is -4.03. The van der Waals surface area contributed by atoms with Crippen molar-refractivity contribution < 1.29 is 40.2 Å². The molecule has 26 heavy (non-hydrogen) atoms. The van der Waals surface area contributed by atoms with Crippen LogP contribution in [-0.4, -0.2) is 98.2 Å². The third kappa shape index (κ3) is 6.63. The van der Waals surface area contributed by atoms with Crippen molar-refractivity contribution in [2.75, 3.05) is 26.3 Å². The highest BCUT2D eigenvalue weighted by Gasteiger charge is 2.19. The Morgan fingerprint density at radius 3 is 1.54 bits per heavy atom. The lowest BCUT2D eigenvalue weighted by Crippen LogP contribution is -2.41. The maximum Gasteiger partial charge on any atom is 0.269 e. The van der Waals surface area contributed by atoms with Crippen molar-refractivity contribution >= 4 is 11.8 Å². The first-order chi connectivity index (χ1) is 12.3. The van der Waals surface area contributed by atoms with Crippen LogP contribution in [0.2, 0.25) is 0 Å². The van der Waals surface area contributed by atoms with Crippen LogP contribution in [0.15, 0.2) is 18.2 Å². The highest BCUT2D eigenvalue weighted by molar-refractivity contribution is 5.96. The molecule has 0 spiro atoms. The van der Waals surface area contributed by atoms with Crippen molar-refractivity contribution in [2.24, 2.45) is 0 Å². The molecule has 1 heterocycles. The molecule has 11 heteroatoms. The van der Waals surface area contributed by atoms with E-state index in [0.717, 1.165) is 0 Å². The first-order valence-electron chi connectivity index (χ1n) is 7.77. The minimum Gasteiger partial charge on any atom is -0.394 e. The maximum absolute atomic E-state index is 12.0. The molecule has 2 amide bonds. The first-order valence-corrected chi connectivity index (χ1v) is 7.77. The van der Waals surface area contributed by atoms with Gasteiger partial charge >= 0.3 is 0 Å². The van der Waals surface area contributed by atoms with Gasteiger partial charge in [-0.05, 0) is 12.1 Å². The smallest absolute Gasteiger partial charge is 0.269 e. The Kier molecular flexibility index (Phi) is 9.05. The summed E-state index contributed by atoms with van der Waals surface area (Å²) in [6.45, 7) is -1.99. The van der Waals surface area contributed by atoms with E-state index in [4.69, 9.17) is 10.2 Å². The number of hydrogen-bond acceptors (Lipinski definition) is 9. The number of nitrogens with one attached hydrogen (secondary N) is 2. The SMILES string of the molecule is O=C(NCC(O)C(O)CO)c1cccc(C(=O)NCC(O)C(O)CO)n1. The fourth-order valence-electron chi connectivity index (χ4n) is 1.78. The molecule has 1 aromatic rings. The standard InChI is InChI=1S/C15H23N3O8/c19-6-12(23)10(21)4-16-14(25)8-2-1-3-9(18-8)15(26)17-5-11(22)13(24)7-20/h1-3,10-13,19-24H,4-7H2,(H,16,25)(H,17,26). The quantitative estimate of drug-likeness (QED) is 0.202. The summed E-state index contributed by atoms with van der Waals surface area (Å²) in [6.07, 6.45) is -5.54. The molecule has 0 aliphatic rings. The third-order valence-electron chi connectivity index (χ3n) is 3.42. The van der Waals surface area contributed by atoms with Crippen molar-refractivity contribution in [1.29, 1.82) is 0 Å². The summed E-state index contributed by atoms with van der Waals surface area (Å²) in [5, 5.41) is 59.4. The molecule has 4 atom stereocenters. The lowest BCUT2D eigenvalue weighted by Gasteiger charge is -2.16. The zero-order valence-corrected chi connectivity index (χ0v) is 13.8. The van der Waals surface area contributed by atoms with Crippen molar-refractivity contribution in [3.63, 3.8) is 0 Å². The van der Waals surface area contributed by atoms with E-state index in [2.05, 4.69) is 15.6 Å². The second-order valence-corrected chi connectivity index (χ2v) is 5.46. The number of aliphatic hydroxyl groups is 6. The average molecular weight is 373 g/mol. The Morgan fingerprint density at radius 2 is 1.19 bits per heavy atom. The van der Waals surface area contributed by atoms with E-state index in [9.17, 15) is 30.0 Å². The summed E-state index contributed by atoms with van der Waals surface area (Å²) >= 11 is 0. The van der Waals surface area contributed by atoms with Gasteiger partial charge in [0.2, 0.25) is 0 Å². The monoisotopic (exact) mass is 373 g/mol. The van der Waals surface area contributed by atoms with Gasteiger partial charge in [0, 0.05) is 13.1 Å². The van der Waals surface area contributed by atoms with Crippen molar-refractivity contribution in [3.8, 4) is 0 Å². The van der Waals surface area contributed by atoms with Crippen LogP contribution in [0.25, 0.3) is 0 Å². The minimum absolute atomic E-state index is 0.126. The van der Waals surface area contributed by atoms with Crippen LogP contribution in [0, 0.1) is 0 Å². The van der Waals surface area contributed by atoms with Crippen molar-refractivity contribution in [1.82, 2.24) is 15.6 Å². The Bertz CT molecular complexity index is 553. The molecule has 1 aromatic heterocycles. The van der Waals surface area contributed by atoms with Gasteiger partial charge in [0.15, 0.2) is 0 Å². The summed E-state index contributed by atoms with van der Waals surface area (Å²) in [7, 11) is 0. The van der Waals surface area contributed by atoms with Gasteiger partial charge in [0.1, 0.15) is 23.6 Å². The maximum atomic E-state index is 12.0. The van der Waals surface area contributed by atoms with Crippen LogP contribution < -0.4 is 10.6 Å². The summed E-state index contributed by atoms with van der Waals surface area (Å²) in [4.78, 5) is 27.8. The molecule has 0 fully saturated rings. The zero-order valence-electron chi connectivity index (χ0n) is 13.8. The van der Waals surface area contributed by atoms with Gasteiger partial charge in [-0.25, -0.2) is 4.98 Å². The molecule has 0 aliphatic heterocycles. The number of carbonyl (C=O) groups is 2. The summed E-state index contributed by atoms with van der Waals surface area (Å²) < 4.78 is 0. The average Bonchev–Trinajstić information content (AvgIpc) is 2.68. The van der Waals surface area contributed by atoms with Crippen LogP contribution in [0.4, 0.5) is 0 Å². The zero-order chi connectivity index (χ0) is 19.7. The van der Waals surface area contributed by atoms with Crippen LogP contribution >= 0.6 is 0 Å². The number of hydrogen-bond donors (Lipinski definition) is 8. The number of aromatic nitrogens is 1. The van der Waals surface area contributed by atoms with E-state index in [1.807, 2.05) is 0 Å². The number of rotatable bonds is 10. The molecular weight excluding hydrogens is 350 g/mol. The molecule has 0 saturated heterocycles. The molecule has 0 saturated carbocycles. The van der Waals surface area contributed by atoms with Gasteiger partial charge in [-0.3, -0.25) is 9.59 Å². The van der Waals surface area contributed by atoms with E-state index in [-0.39, 0.29) is 24.5 Å². The molecule has 0 bridgehead atoms. The highest BCUT2D eigenvalue weighted by atomic mass is 16.4. The van der Waals surface area contributed by atoms with E-state index in [1.54, 1.807) is 0 Å². The van der Waals surface area contributed by atoms with E-state index in [0.29, 0.717) is 0 Å². The first kappa shape index (κ1) is 21.9.